The van der Waals surface area contributed by atoms with Crippen molar-refractivity contribution >= 4 is 10.0 Å². The number of hydrogen-bond donors (Lipinski definition) is 1. The van der Waals surface area contributed by atoms with E-state index in [1.165, 1.54) is 18.7 Å². The van der Waals surface area contributed by atoms with Gasteiger partial charge in [0.05, 0.1) is 5.75 Å². The maximum absolute atomic E-state index is 11.0. The van der Waals surface area contributed by atoms with Crippen LogP contribution in [-0.4, -0.2) is 29.0 Å². The van der Waals surface area contributed by atoms with Crippen LogP contribution in [0.5, 0.6) is 0 Å². The molecule has 0 saturated carbocycles. The second-order valence-corrected chi connectivity index (χ2v) is 3.75. The van der Waals surface area contributed by atoms with Crippen molar-refractivity contribution in [1.29, 1.82) is 0 Å². The highest BCUT2D eigenvalue weighted by Crippen LogP contribution is 1.86. The van der Waals surface area contributed by atoms with Crippen LogP contribution in [0.2, 0.25) is 0 Å². The summed E-state index contributed by atoms with van der Waals surface area (Å²) in [5, 5.41) is 3.56. The van der Waals surface area contributed by atoms with Gasteiger partial charge in [0.25, 0.3) is 10.0 Å². The molecule has 0 spiro atoms. The lowest BCUT2D eigenvalue weighted by Gasteiger charge is -2.02. The van der Waals surface area contributed by atoms with Crippen LogP contribution in [0.4, 0.5) is 0 Å². The molecule has 0 radical (unpaired) electrons. The first-order chi connectivity index (χ1) is 5.64. The molecule has 1 rings (SSSR count). The van der Waals surface area contributed by atoms with Crippen molar-refractivity contribution in [2.45, 2.75) is 0 Å². The molecule has 6 nitrogen and oxygen atoms in total. The van der Waals surface area contributed by atoms with Crippen molar-refractivity contribution in [3.8, 4) is 0 Å². The van der Waals surface area contributed by atoms with Gasteiger partial charge in [-0.1, -0.05) is 6.08 Å². The molecule has 66 valence electrons. The highest BCUT2D eigenvalue weighted by molar-refractivity contribution is 7.92. The van der Waals surface area contributed by atoms with Gasteiger partial charge in [0.2, 0.25) is 0 Å². The minimum Gasteiger partial charge on any atom is -0.221 e. The van der Waals surface area contributed by atoms with E-state index in [4.69, 9.17) is 0 Å². The summed E-state index contributed by atoms with van der Waals surface area (Å²) in [7, 11) is -3.36. The van der Waals surface area contributed by atoms with Gasteiger partial charge in [0.1, 0.15) is 12.7 Å². The third kappa shape index (κ3) is 2.35. The summed E-state index contributed by atoms with van der Waals surface area (Å²) in [4.78, 5) is 6.72. The van der Waals surface area contributed by atoms with E-state index in [0.29, 0.717) is 0 Å². The first-order valence-corrected chi connectivity index (χ1v) is 4.75. The van der Waals surface area contributed by atoms with Crippen molar-refractivity contribution < 1.29 is 8.42 Å². The number of hydrogen-bond acceptors (Lipinski definition) is 4. The predicted molar refractivity (Wildman–Crippen MR) is 43.4 cm³/mol. The second kappa shape index (κ2) is 3.35. The standard InChI is InChI=1S/C5H8N4O2S/c1-2-3-12(10,11)8-9-5-6-4-7-9/h2,4-5,8H,1,3H2. The van der Waals surface area contributed by atoms with E-state index in [2.05, 4.69) is 21.5 Å². The van der Waals surface area contributed by atoms with Gasteiger partial charge in [-0.3, -0.25) is 0 Å². The van der Waals surface area contributed by atoms with Gasteiger partial charge >= 0.3 is 0 Å². The molecular formula is C5H8N4O2S. The molecule has 0 aliphatic carbocycles. The lowest BCUT2D eigenvalue weighted by molar-refractivity contribution is 0.594. The van der Waals surface area contributed by atoms with Gasteiger partial charge in [-0.05, 0) is 0 Å². The summed E-state index contributed by atoms with van der Waals surface area (Å²) in [6.07, 6.45) is 3.77. The predicted octanol–water partition coefficient (Wildman–Crippen LogP) is -0.663. The van der Waals surface area contributed by atoms with Crippen LogP contribution < -0.4 is 4.83 Å². The zero-order chi connectivity index (χ0) is 9.03. The van der Waals surface area contributed by atoms with Crippen molar-refractivity contribution in [3.63, 3.8) is 0 Å². The Bertz CT molecular complexity index is 342. The molecule has 7 heteroatoms. The third-order valence-corrected chi connectivity index (χ3v) is 2.13. The first kappa shape index (κ1) is 8.72. The average Bonchev–Trinajstić information content (AvgIpc) is 2.38. The van der Waals surface area contributed by atoms with E-state index in [9.17, 15) is 8.42 Å². The van der Waals surface area contributed by atoms with E-state index in [-0.39, 0.29) is 5.75 Å². The van der Waals surface area contributed by atoms with Gasteiger partial charge < -0.3 is 0 Å². The molecule has 0 atom stereocenters. The summed E-state index contributed by atoms with van der Waals surface area (Å²) in [6.45, 7) is 3.31. The summed E-state index contributed by atoms with van der Waals surface area (Å²) in [6, 6.07) is 0. The maximum Gasteiger partial charge on any atom is 0.251 e. The van der Waals surface area contributed by atoms with Crippen LogP contribution in [0.25, 0.3) is 0 Å². The molecule has 0 saturated heterocycles. The smallest absolute Gasteiger partial charge is 0.221 e. The second-order valence-electron chi connectivity index (χ2n) is 2.00. The summed E-state index contributed by atoms with van der Waals surface area (Å²) in [5.41, 5.74) is 0. The zero-order valence-corrected chi connectivity index (χ0v) is 7.03. The number of aromatic nitrogens is 3. The van der Waals surface area contributed by atoms with E-state index in [0.717, 1.165) is 4.79 Å². The Labute approximate surface area is 69.9 Å². The SMILES string of the molecule is C=CCS(=O)(=O)Nn1cncn1. The van der Waals surface area contributed by atoms with Crippen molar-refractivity contribution in [2.24, 2.45) is 0 Å². The zero-order valence-electron chi connectivity index (χ0n) is 6.21. The fraction of sp³-hybridized carbons (Fsp3) is 0.200. The Morgan fingerprint density at radius 3 is 2.92 bits per heavy atom. The number of nitrogens with zero attached hydrogens (tertiary/aromatic N) is 3. The Morgan fingerprint density at radius 1 is 1.67 bits per heavy atom. The summed E-state index contributed by atoms with van der Waals surface area (Å²) >= 11 is 0. The minimum absolute atomic E-state index is 0.146. The maximum atomic E-state index is 11.0. The number of nitrogens with one attached hydrogen (secondary N) is 1. The Kier molecular flexibility index (Phi) is 2.44. The third-order valence-electron chi connectivity index (χ3n) is 0.989. The summed E-state index contributed by atoms with van der Waals surface area (Å²) in [5.74, 6) is -0.146. The van der Waals surface area contributed by atoms with Crippen LogP contribution in [0.1, 0.15) is 0 Å². The largest absolute Gasteiger partial charge is 0.251 e. The Morgan fingerprint density at radius 2 is 2.42 bits per heavy atom. The molecule has 1 aromatic rings. The van der Waals surface area contributed by atoms with Crippen LogP contribution in [0.15, 0.2) is 25.3 Å². The normalized spacial score (nSPS) is 11.0. The van der Waals surface area contributed by atoms with Gasteiger partial charge in [-0.25, -0.2) is 18.2 Å². The van der Waals surface area contributed by atoms with Crippen LogP contribution in [0.3, 0.4) is 0 Å². The van der Waals surface area contributed by atoms with E-state index in [1.54, 1.807) is 0 Å². The molecule has 1 N–H and O–H groups in total. The highest BCUT2D eigenvalue weighted by Gasteiger charge is 2.06. The monoisotopic (exact) mass is 188 g/mol. The van der Waals surface area contributed by atoms with Crippen molar-refractivity contribution in [3.05, 3.63) is 25.3 Å². The van der Waals surface area contributed by atoms with E-state index < -0.39 is 10.0 Å². The van der Waals surface area contributed by atoms with Gasteiger partial charge in [-0.15, -0.1) is 11.7 Å². The molecule has 1 heterocycles. The molecular weight excluding hydrogens is 180 g/mol. The molecule has 0 aromatic carbocycles. The van der Waals surface area contributed by atoms with Crippen molar-refractivity contribution in [2.75, 3.05) is 10.6 Å². The first-order valence-electron chi connectivity index (χ1n) is 3.10. The lowest BCUT2D eigenvalue weighted by atomic mass is 10.8. The molecule has 0 aliphatic heterocycles. The van der Waals surface area contributed by atoms with Crippen LogP contribution in [0, 0.1) is 0 Å². The molecule has 0 fully saturated rings. The highest BCUT2D eigenvalue weighted by atomic mass is 32.2. The molecule has 0 unspecified atom stereocenters. The van der Waals surface area contributed by atoms with Crippen molar-refractivity contribution in [1.82, 2.24) is 14.9 Å². The molecule has 0 bridgehead atoms. The summed E-state index contributed by atoms with van der Waals surface area (Å²) < 4.78 is 22.1. The molecule has 0 aliphatic rings. The van der Waals surface area contributed by atoms with Gasteiger partial charge in [0, 0.05) is 0 Å². The Balaban J connectivity index is 2.69. The van der Waals surface area contributed by atoms with E-state index >= 15 is 0 Å². The topological polar surface area (TPSA) is 76.9 Å². The molecule has 1 aromatic heterocycles. The minimum atomic E-state index is -3.36. The number of sulfonamides is 1. The Hall–Kier alpha value is -1.37. The van der Waals surface area contributed by atoms with Crippen LogP contribution in [-0.2, 0) is 10.0 Å². The molecule has 12 heavy (non-hydrogen) atoms. The quantitative estimate of drug-likeness (QED) is 0.636. The fourth-order valence-electron chi connectivity index (χ4n) is 0.590. The number of rotatable bonds is 4. The molecule has 0 amide bonds. The average molecular weight is 188 g/mol. The van der Waals surface area contributed by atoms with E-state index in [1.807, 2.05) is 0 Å². The van der Waals surface area contributed by atoms with Gasteiger partial charge in [0.15, 0.2) is 0 Å². The fourth-order valence-corrected chi connectivity index (χ4v) is 1.35. The lowest BCUT2D eigenvalue weighted by Crippen LogP contribution is -2.25. The van der Waals surface area contributed by atoms with Crippen LogP contribution >= 0.6 is 0 Å². The van der Waals surface area contributed by atoms with Gasteiger partial charge in [-0.2, -0.15) is 4.79 Å².